The van der Waals surface area contributed by atoms with Gasteiger partial charge in [0.25, 0.3) is 0 Å². The Morgan fingerprint density at radius 1 is 1.64 bits per heavy atom. The van der Waals surface area contributed by atoms with Gasteiger partial charge in [-0.05, 0) is 11.6 Å². The fraction of sp³-hybridized carbons (Fsp3) is 0.250. The van der Waals surface area contributed by atoms with Crippen LogP contribution in [0.2, 0.25) is 0 Å². The van der Waals surface area contributed by atoms with Crippen LogP contribution < -0.4 is 0 Å². The fourth-order valence-corrected chi connectivity index (χ4v) is 0.757. The molecule has 1 rings (SSSR count). The number of hydrogen-bond acceptors (Lipinski definition) is 3. The summed E-state index contributed by atoms with van der Waals surface area (Å²) in [6.07, 6.45) is 4.15. The van der Waals surface area contributed by atoms with Crippen LogP contribution in [0.5, 0.6) is 0 Å². The van der Waals surface area contributed by atoms with Gasteiger partial charge >= 0.3 is 6.47 Å². The Balaban J connectivity index is 2.33. The molecular formula is C8H8NO2. The molecule has 0 saturated carbocycles. The molecular weight excluding hydrogens is 142 g/mol. The van der Waals surface area contributed by atoms with Crippen molar-refractivity contribution in [3.05, 3.63) is 30.1 Å². The van der Waals surface area contributed by atoms with Crippen molar-refractivity contribution in [2.45, 2.75) is 6.42 Å². The molecule has 0 aliphatic rings. The normalized spacial score (nSPS) is 9.09. The van der Waals surface area contributed by atoms with Crippen molar-refractivity contribution in [3.63, 3.8) is 0 Å². The molecule has 1 aromatic heterocycles. The van der Waals surface area contributed by atoms with E-state index in [1.54, 1.807) is 12.4 Å². The van der Waals surface area contributed by atoms with Crippen LogP contribution in [0.1, 0.15) is 5.56 Å². The van der Waals surface area contributed by atoms with Gasteiger partial charge < -0.3 is 4.74 Å². The van der Waals surface area contributed by atoms with E-state index in [2.05, 4.69) is 9.72 Å². The summed E-state index contributed by atoms with van der Waals surface area (Å²) in [6.45, 7) is 1.74. The standard InChI is InChI=1S/C8H8NO2/c10-7-11-5-3-8-2-1-4-9-6-8/h1-2,4,6H,3,5H2. The molecule has 0 N–H and O–H groups in total. The lowest BCUT2D eigenvalue weighted by atomic mass is 10.2. The Labute approximate surface area is 65.0 Å². The molecule has 0 aromatic carbocycles. The molecule has 0 amide bonds. The van der Waals surface area contributed by atoms with Gasteiger partial charge in [0, 0.05) is 18.8 Å². The topological polar surface area (TPSA) is 39.2 Å². The maximum absolute atomic E-state index is 9.63. The van der Waals surface area contributed by atoms with Crippen molar-refractivity contribution in [1.29, 1.82) is 0 Å². The Morgan fingerprint density at radius 2 is 2.55 bits per heavy atom. The van der Waals surface area contributed by atoms with E-state index in [4.69, 9.17) is 0 Å². The van der Waals surface area contributed by atoms with E-state index < -0.39 is 0 Å². The Morgan fingerprint density at radius 3 is 3.18 bits per heavy atom. The summed E-state index contributed by atoms with van der Waals surface area (Å²) in [4.78, 5) is 13.5. The molecule has 11 heavy (non-hydrogen) atoms. The first kappa shape index (κ1) is 7.72. The van der Waals surface area contributed by atoms with Crippen LogP contribution in [0.25, 0.3) is 0 Å². The highest BCUT2D eigenvalue weighted by Crippen LogP contribution is 1.95. The van der Waals surface area contributed by atoms with E-state index >= 15 is 0 Å². The Bertz CT molecular complexity index is 211. The van der Waals surface area contributed by atoms with E-state index in [-0.39, 0.29) is 0 Å². The lowest BCUT2D eigenvalue weighted by Crippen LogP contribution is -1.96. The molecule has 1 heterocycles. The first-order valence-corrected chi connectivity index (χ1v) is 3.31. The highest BCUT2D eigenvalue weighted by molar-refractivity contribution is 5.38. The van der Waals surface area contributed by atoms with E-state index in [0.29, 0.717) is 13.0 Å². The summed E-state index contributed by atoms with van der Waals surface area (Å²) in [5, 5.41) is 0. The molecule has 0 aliphatic heterocycles. The van der Waals surface area contributed by atoms with Gasteiger partial charge in [0.05, 0.1) is 6.61 Å². The zero-order valence-corrected chi connectivity index (χ0v) is 5.99. The average molecular weight is 150 g/mol. The molecule has 0 fully saturated rings. The van der Waals surface area contributed by atoms with Gasteiger partial charge in [-0.1, -0.05) is 6.07 Å². The first-order valence-electron chi connectivity index (χ1n) is 3.31. The largest absolute Gasteiger partial charge is 0.457 e. The van der Waals surface area contributed by atoms with Crippen LogP contribution in [0, 0.1) is 0 Å². The summed E-state index contributed by atoms with van der Waals surface area (Å²) in [5.41, 5.74) is 1.06. The van der Waals surface area contributed by atoms with E-state index in [1.807, 2.05) is 12.1 Å². The number of nitrogens with zero attached hydrogens (tertiary/aromatic N) is 1. The van der Waals surface area contributed by atoms with Crippen LogP contribution >= 0.6 is 0 Å². The molecule has 1 aromatic rings. The summed E-state index contributed by atoms with van der Waals surface area (Å²) in [6, 6.07) is 3.78. The Hall–Kier alpha value is -1.38. The lowest BCUT2D eigenvalue weighted by molar-refractivity contribution is 0.281. The van der Waals surface area contributed by atoms with Crippen LogP contribution in [0.15, 0.2) is 24.5 Å². The van der Waals surface area contributed by atoms with Crippen molar-refractivity contribution < 1.29 is 9.53 Å². The summed E-state index contributed by atoms with van der Waals surface area (Å²) in [7, 11) is 0. The molecule has 0 bridgehead atoms. The zero-order valence-electron chi connectivity index (χ0n) is 5.99. The zero-order chi connectivity index (χ0) is 7.94. The van der Waals surface area contributed by atoms with Crippen molar-refractivity contribution in [2.75, 3.05) is 6.61 Å². The molecule has 0 atom stereocenters. The highest BCUT2D eigenvalue weighted by Gasteiger charge is 1.90. The van der Waals surface area contributed by atoms with Gasteiger partial charge in [0.1, 0.15) is 0 Å². The molecule has 0 unspecified atom stereocenters. The first-order chi connectivity index (χ1) is 5.43. The van der Waals surface area contributed by atoms with Gasteiger partial charge in [-0.3, -0.25) is 4.98 Å². The van der Waals surface area contributed by atoms with Crippen molar-refractivity contribution >= 4 is 6.47 Å². The predicted octanol–water partition coefficient (Wildman–Crippen LogP) is 0.708. The molecule has 1 radical (unpaired) electrons. The van der Waals surface area contributed by atoms with Crippen LogP contribution in [-0.4, -0.2) is 18.1 Å². The smallest absolute Gasteiger partial charge is 0.417 e. The molecule has 0 aliphatic carbocycles. The average Bonchev–Trinajstić information content (AvgIpc) is 2.07. The molecule has 3 heteroatoms. The van der Waals surface area contributed by atoms with Gasteiger partial charge in [-0.15, -0.1) is 0 Å². The van der Waals surface area contributed by atoms with Crippen LogP contribution in [0.4, 0.5) is 0 Å². The van der Waals surface area contributed by atoms with E-state index in [0.717, 1.165) is 5.56 Å². The monoisotopic (exact) mass is 150 g/mol. The van der Waals surface area contributed by atoms with Gasteiger partial charge in [0.2, 0.25) is 0 Å². The maximum atomic E-state index is 9.63. The van der Waals surface area contributed by atoms with Crippen molar-refractivity contribution in [1.82, 2.24) is 4.98 Å². The van der Waals surface area contributed by atoms with Crippen molar-refractivity contribution in [3.8, 4) is 0 Å². The van der Waals surface area contributed by atoms with Crippen molar-refractivity contribution in [2.24, 2.45) is 0 Å². The molecule has 57 valence electrons. The maximum Gasteiger partial charge on any atom is 0.417 e. The minimum atomic E-state index is 0.370. The summed E-state index contributed by atoms with van der Waals surface area (Å²) in [5.74, 6) is 0. The lowest BCUT2D eigenvalue weighted by Gasteiger charge is -1.96. The summed E-state index contributed by atoms with van der Waals surface area (Å²) >= 11 is 0. The SMILES string of the molecule is O=[C]OCCc1cccnc1. The second-order valence-corrected chi connectivity index (χ2v) is 2.04. The number of pyridine rings is 1. The van der Waals surface area contributed by atoms with E-state index in [1.165, 1.54) is 6.47 Å². The Kier molecular flexibility index (Phi) is 3.12. The third-order valence-electron chi connectivity index (χ3n) is 1.27. The van der Waals surface area contributed by atoms with Crippen LogP contribution in [0.3, 0.4) is 0 Å². The van der Waals surface area contributed by atoms with Gasteiger partial charge in [-0.25, -0.2) is 4.79 Å². The molecule has 0 saturated heterocycles. The van der Waals surface area contributed by atoms with E-state index in [9.17, 15) is 4.79 Å². The quantitative estimate of drug-likeness (QED) is 0.593. The minimum Gasteiger partial charge on any atom is -0.457 e. The minimum absolute atomic E-state index is 0.370. The second kappa shape index (κ2) is 4.44. The number of aromatic nitrogens is 1. The third-order valence-corrected chi connectivity index (χ3v) is 1.27. The second-order valence-electron chi connectivity index (χ2n) is 2.04. The third kappa shape index (κ3) is 2.80. The number of hydrogen-bond donors (Lipinski definition) is 0. The fourth-order valence-electron chi connectivity index (χ4n) is 0.757. The number of ether oxygens (including phenoxy) is 1. The van der Waals surface area contributed by atoms with Crippen LogP contribution in [-0.2, 0) is 16.0 Å². The molecule has 3 nitrogen and oxygen atoms in total. The molecule has 0 spiro atoms. The van der Waals surface area contributed by atoms with Gasteiger partial charge in [0.15, 0.2) is 0 Å². The summed E-state index contributed by atoms with van der Waals surface area (Å²) < 4.78 is 4.40. The highest BCUT2D eigenvalue weighted by atomic mass is 16.5. The number of carbonyl (C=O) groups excluding carboxylic acids is 1. The van der Waals surface area contributed by atoms with Gasteiger partial charge in [-0.2, -0.15) is 0 Å². The predicted molar refractivity (Wildman–Crippen MR) is 39.6 cm³/mol. The number of rotatable bonds is 4.